The molecule has 0 aliphatic carbocycles. The highest BCUT2D eigenvalue weighted by atomic mass is 16.5. The normalized spacial score (nSPS) is 12.5. The summed E-state index contributed by atoms with van der Waals surface area (Å²) in [6.07, 6.45) is 24.6. The zero-order valence-corrected chi connectivity index (χ0v) is 17.1. The largest absolute Gasteiger partial charge is 0.394 e. The average Bonchev–Trinajstić information content (AvgIpc) is 3.19. The Morgan fingerprint density at radius 1 is 0.846 bits per heavy atom. The fraction of sp³-hybridized carbons (Fsp3) is 0.864. The minimum Gasteiger partial charge on any atom is -0.394 e. The maximum atomic E-state index is 9.39. The Morgan fingerprint density at radius 2 is 1.38 bits per heavy atom. The quantitative estimate of drug-likeness (QED) is 0.309. The van der Waals surface area contributed by atoms with Crippen LogP contribution in [-0.2, 0) is 4.74 Å². The van der Waals surface area contributed by atoms with E-state index in [1.165, 1.54) is 83.5 Å². The lowest BCUT2D eigenvalue weighted by atomic mass is 10.0. The van der Waals surface area contributed by atoms with Crippen molar-refractivity contribution in [3.8, 4) is 0 Å². The van der Waals surface area contributed by atoms with Crippen molar-refractivity contribution in [3.63, 3.8) is 0 Å². The molecule has 0 radical (unpaired) electrons. The van der Waals surface area contributed by atoms with E-state index >= 15 is 0 Å². The number of aliphatic hydroxyl groups excluding tert-OH is 1. The van der Waals surface area contributed by atoms with Gasteiger partial charge < -0.3 is 14.4 Å². The highest BCUT2D eigenvalue weighted by molar-refractivity contribution is 4.80. The van der Waals surface area contributed by atoms with Crippen molar-refractivity contribution >= 4 is 0 Å². The molecule has 26 heavy (non-hydrogen) atoms. The Labute approximate surface area is 161 Å². The first-order valence-electron chi connectivity index (χ1n) is 11.0. The molecule has 1 atom stereocenters. The molecule has 0 saturated heterocycles. The summed E-state index contributed by atoms with van der Waals surface area (Å²) in [6, 6.07) is -0.0101. The average molecular weight is 367 g/mol. The smallest absolute Gasteiger partial charge is 0.0950 e. The summed E-state index contributed by atoms with van der Waals surface area (Å²) < 4.78 is 7.62. The zero-order chi connectivity index (χ0) is 18.7. The lowest BCUT2D eigenvalue weighted by Gasteiger charge is -2.15. The van der Waals surface area contributed by atoms with E-state index in [4.69, 9.17) is 4.74 Å². The van der Waals surface area contributed by atoms with E-state index in [2.05, 4.69) is 11.9 Å². The molecule has 0 fully saturated rings. The highest BCUT2D eigenvalue weighted by Gasteiger charge is 2.08. The van der Waals surface area contributed by atoms with Gasteiger partial charge in [0.1, 0.15) is 0 Å². The predicted molar refractivity (Wildman–Crippen MR) is 109 cm³/mol. The topological polar surface area (TPSA) is 47.3 Å². The van der Waals surface area contributed by atoms with Gasteiger partial charge in [-0.05, 0) is 6.42 Å². The van der Waals surface area contributed by atoms with E-state index in [-0.39, 0.29) is 12.6 Å². The monoisotopic (exact) mass is 366 g/mol. The van der Waals surface area contributed by atoms with Crippen LogP contribution in [0.15, 0.2) is 18.7 Å². The molecule has 0 saturated carbocycles. The van der Waals surface area contributed by atoms with Crippen molar-refractivity contribution in [3.05, 3.63) is 18.7 Å². The molecule has 0 aliphatic heterocycles. The summed E-state index contributed by atoms with van der Waals surface area (Å²) in [5.74, 6) is 0. The SMILES string of the molecule is CCCCCCCCCCCCCCCCOCC(CO)n1ccnc1. The Kier molecular flexibility index (Phi) is 15.6. The van der Waals surface area contributed by atoms with Crippen LogP contribution in [0.3, 0.4) is 0 Å². The van der Waals surface area contributed by atoms with Gasteiger partial charge in [-0.2, -0.15) is 0 Å². The van der Waals surface area contributed by atoms with Gasteiger partial charge in [0, 0.05) is 19.0 Å². The number of hydrogen-bond acceptors (Lipinski definition) is 3. The van der Waals surface area contributed by atoms with Gasteiger partial charge in [-0.3, -0.25) is 0 Å². The first-order chi connectivity index (χ1) is 12.9. The van der Waals surface area contributed by atoms with E-state index in [1.54, 1.807) is 12.5 Å². The van der Waals surface area contributed by atoms with E-state index in [1.807, 2.05) is 10.8 Å². The summed E-state index contributed by atoms with van der Waals surface area (Å²) in [4.78, 5) is 4.01. The Bertz CT molecular complexity index is 382. The Balaban J connectivity index is 1.77. The molecule has 0 spiro atoms. The lowest BCUT2D eigenvalue weighted by Crippen LogP contribution is -2.18. The minimum absolute atomic E-state index is 0.0101. The summed E-state index contributed by atoms with van der Waals surface area (Å²) in [5.41, 5.74) is 0. The van der Waals surface area contributed by atoms with Crippen LogP contribution in [0.1, 0.15) is 103 Å². The second-order valence-corrected chi connectivity index (χ2v) is 7.52. The van der Waals surface area contributed by atoms with Gasteiger partial charge in [-0.15, -0.1) is 0 Å². The van der Waals surface area contributed by atoms with E-state index in [0.717, 1.165) is 13.0 Å². The third-order valence-corrected chi connectivity index (χ3v) is 5.11. The van der Waals surface area contributed by atoms with E-state index in [9.17, 15) is 5.11 Å². The van der Waals surface area contributed by atoms with Gasteiger partial charge in [0.05, 0.1) is 25.6 Å². The number of aromatic nitrogens is 2. The minimum atomic E-state index is -0.0101. The molecule has 1 aromatic rings. The molecule has 0 amide bonds. The number of nitrogens with zero attached hydrogens (tertiary/aromatic N) is 2. The van der Waals surface area contributed by atoms with Crippen LogP contribution < -0.4 is 0 Å². The highest BCUT2D eigenvalue weighted by Crippen LogP contribution is 2.13. The molecular formula is C22H42N2O2. The number of unbranched alkanes of at least 4 members (excludes halogenated alkanes) is 13. The first-order valence-corrected chi connectivity index (χ1v) is 11.0. The maximum Gasteiger partial charge on any atom is 0.0950 e. The maximum absolute atomic E-state index is 9.39. The van der Waals surface area contributed by atoms with Gasteiger partial charge in [-0.25, -0.2) is 4.98 Å². The zero-order valence-electron chi connectivity index (χ0n) is 17.1. The summed E-state index contributed by atoms with van der Waals surface area (Å²) in [6.45, 7) is 3.73. The van der Waals surface area contributed by atoms with Crippen molar-refractivity contribution < 1.29 is 9.84 Å². The van der Waals surface area contributed by atoms with Gasteiger partial charge >= 0.3 is 0 Å². The second-order valence-electron chi connectivity index (χ2n) is 7.52. The molecule has 1 rings (SSSR count). The number of aliphatic hydroxyl groups is 1. The third kappa shape index (κ3) is 12.5. The second kappa shape index (κ2) is 17.5. The predicted octanol–water partition coefficient (Wildman–Crippen LogP) is 5.91. The number of ether oxygens (including phenoxy) is 1. The number of rotatable bonds is 19. The molecule has 1 N–H and O–H groups in total. The molecule has 1 heterocycles. The van der Waals surface area contributed by atoms with Gasteiger partial charge in [0.15, 0.2) is 0 Å². The number of imidazole rings is 1. The van der Waals surface area contributed by atoms with Gasteiger partial charge in [0.25, 0.3) is 0 Å². The van der Waals surface area contributed by atoms with Crippen molar-refractivity contribution in [2.24, 2.45) is 0 Å². The van der Waals surface area contributed by atoms with Gasteiger partial charge in [0.2, 0.25) is 0 Å². The van der Waals surface area contributed by atoms with Crippen molar-refractivity contribution in [1.29, 1.82) is 0 Å². The van der Waals surface area contributed by atoms with Crippen LogP contribution in [0.25, 0.3) is 0 Å². The van der Waals surface area contributed by atoms with Crippen molar-refractivity contribution in [2.75, 3.05) is 19.8 Å². The molecule has 4 nitrogen and oxygen atoms in total. The molecule has 0 aromatic carbocycles. The van der Waals surface area contributed by atoms with Crippen LogP contribution in [-0.4, -0.2) is 34.5 Å². The lowest BCUT2D eigenvalue weighted by molar-refractivity contribution is 0.0746. The fourth-order valence-electron chi connectivity index (χ4n) is 3.34. The van der Waals surface area contributed by atoms with Crippen LogP contribution in [0.2, 0.25) is 0 Å². The molecular weight excluding hydrogens is 324 g/mol. The molecule has 1 unspecified atom stereocenters. The molecule has 4 heteroatoms. The molecule has 0 aliphatic rings. The molecule has 1 aromatic heterocycles. The van der Waals surface area contributed by atoms with Crippen LogP contribution >= 0.6 is 0 Å². The standard InChI is InChI=1S/C22H42N2O2/c1-2-3-4-5-6-7-8-9-10-11-12-13-14-15-18-26-20-22(19-25)24-17-16-23-21-24/h16-17,21-22,25H,2-15,18-20H2,1H3. The third-order valence-electron chi connectivity index (χ3n) is 5.11. The van der Waals surface area contributed by atoms with Crippen LogP contribution in [0, 0.1) is 0 Å². The molecule has 0 bridgehead atoms. The summed E-state index contributed by atoms with van der Waals surface area (Å²) in [5, 5.41) is 9.39. The number of hydrogen-bond donors (Lipinski definition) is 1. The molecule has 152 valence electrons. The Hall–Kier alpha value is -0.870. The van der Waals surface area contributed by atoms with E-state index < -0.39 is 0 Å². The van der Waals surface area contributed by atoms with Crippen molar-refractivity contribution in [1.82, 2.24) is 9.55 Å². The van der Waals surface area contributed by atoms with Crippen LogP contribution in [0.5, 0.6) is 0 Å². The van der Waals surface area contributed by atoms with Crippen LogP contribution in [0.4, 0.5) is 0 Å². The fourth-order valence-corrected chi connectivity index (χ4v) is 3.34. The van der Waals surface area contributed by atoms with Crippen molar-refractivity contribution in [2.45, 2.75) is 103 Å². The Morgan fingerprint density at radius 3 is 1.85 bits per heavy atom. The van der Waals surface area contributed by atoms with E-state index in [0.29, 0.717) is 6.61 Å². The summed E-state index contributed by atoms with van der Waals surface area (Å²) >= 11 is 0. The first kappa shape index (κ1) is 23.2. The van der Waals surface area contributed by atoms with Gasteiger partial charge in [-0.1, -0.05) is 90.4 Å². The summed E-state index contributed by atoms with van der Waals surface area (Å²) in [7, 11) is 0.